The van der Waals surface area contributed by atoms with E-state index in [1.165, 1.54) is 0 Å². The number of nitrogens with zero attached hydrogens (tertiary/aromatic N) is 7. The van der Waals surface area contributed by atoms with Crippen LogP contribution in [0.5, 0.6) is 5.75 Å². The van der Waals surface area contributed by atoms with E-state index >= 15 is 0 Å². The molecule has 0 radical (unpaired) electrons. The minimum Gasteiger partial charge on any atom is -0.492 e. The van der Waals surface area contributed by atoms with Crippen molar-refractivity contribution in [2.45, 2.75) is 32.2 Å². The molecule has 1 aromatic carbocycles. The zero-order valence-corrected chi connectivity index (χ0v) is 24.2. The molecule has 1 aliphatic carbocycles. The third-order valence-corrected chi connectivity index (χ3v) is 8.26. The second kappa shape index (κ2) is 11.2. The Morgan fingerprint density at radius 3 is 2.71 bits per heavy atom. The molecule has 0 spiro atoms. The molecule has 2 aliphatic rings. The molecule has 10 heteroatoms. The van der Waals surface area contributed by atoms with Gasteiger partial charge in [0, 0.05) is 62.0 Å². The van der Waals surface area contributed by atoms with Crippen molar-refractivity contribution in [3.05, 3.63) is 83.7 Å². The van der Waals surface area contributed by atoms with Crippen molar-refractivity contribution >= 4 is 28.1 Å². The van der Waals surface area contributed by atoms with Gasteiger partial charge in [-0.3, -0.25) is 23.8 Å². The lowest BCUT2D eigenvalue weighted by molar-refractivity contribution is 0.102. The Labute approximate surface area is 244 Å². The molecule has 1 N–H and O–H groups in total. The van der Waals surface area contributed by atoms with Crippen molar-refractivity contribution in [1.29, 1.82) is 0 Å². The van der Waals surface area contributed by atoms with Gasteiger partial charge in [0.25, 0.3) is 5.91 Å². The lowest BCUT2D eigenvalue weighted by atomic mass is 10.1. The van der Waals surface area contributed by atoms with Crippen LogP contribution in [0, 0.1) is 6.92 Å². The molecule has 1 saturated carbocycles. The standard InChI is InChI=1S/C32H36N8O2/c1-22-5-3-6-24(34-22)21-40-27-8-4-7-26(30(27)31(36-40)23-9-10-23)35-32(41)28-20-33-29-19-25(11-12-39(28)29)42-18-17-38-15-13-37(2)14-16-38/h3-8,11-12,19-20,23H,9-10,13-18,21H2,1-2H3,(H,35,41). The molecule has 42 heavy (non-hydrogen) atoms. The van der Waals surface area contributed by atoms with Crippen LogP contribution < -0.4 is 10.1 Å². The lowest BCUT2D eigenvalue weighted by Crippen LogP contribution is -2.45. The fraction of sp³-hybridized carbons (Fsp3) is 0.375. The average Bonchev–Trinajstić information content (AvgIpc) is 3.64. The maximum Gasteiger partial charge on any atom is 0.274 e. The van der Waals surface area contributed by atoms with Crippen LogP contribution in [0.4, 0.5) is 5.69 Å². The third kappa shape index (κ3) is 5.47. The summed E-state index contributed by atoms with van der Waals surface area (Å²) in [6, 6.07) is 15.8. The smallest absolute Gasteiger partial charge is 0.274 e. The highest BCUT2D eigenvalue weighted by atomic mass is 16.5. The number of carbonyl (C=O) groups excluding carboxylic acids is 1. The minimum absolute atomic E-state index is 0.214. The van der Waals surface area contributed by atoms with Gasteiger partial charge in [0.1, 0.15) is 23.7 Å². The zero-order valence-electron chi connectivity index (χ0n) is 24.2. The number of fused-ring (bicyclic) bond motifs is 2. The fourth-order valence-corrected chi connectivity index (χ4v) is 5.74. The van der Waals surface area contributed by atoms with E-state index in [0.29, 0.717) is 30.4 Å². The Kier molecular flexibility index (Phi) is 7.09. The van der Waals surface area contributed by atoms with Crippen LogP contribution in [0.3, 0.4) is 0 Å². The largest absolute Gasteiger partial charge is 0.492 e. The number of carbonyl (C=O) groups is 1. The molecule has 0 unspecified atom stereocenters. The second-order valence-electron chi connectivity index (χ2n) is 11.5. The minimum atomic E-state index is -0.214. The molecular weight excluding hydrogens is 528 g/mol. The monoisotopic (exact) mass is 564 g/mol. The SMILES string of the molecule is Cc1cccc(Cn2nc(C3CC3)c3c(NC(=O)c4cnc5cc(OCCN6CCN(C)CC6)ccn45)cccc32)n1. The van der Waals surface area contributed by atoms with Crippen LogP contribution in [0.1, 0.15) is 46.3 Å². The van der Waals surface area contributed by atoms with Crippen molar-refractivity contribution in [3.8, 4) is 5.75 Å². The van der Waals surface area contributed by atoms with E-state index in [-0.39, 0.29) is 5.91 Å². The van der Waals surface area contributed by atoms with E-state index in [1.54, 1.807) is 10.6 Å². The summed E-state index contributed by atoms with van der Waals surface area (Å²) in [6.07, 6.45) is 5.70. The second-order valence-corrected chi connectivity index (χ2v) is 11.5. The molecule has 1 aliphatic heterocycles. The number of hydrogen-bond acceptors (Lipinski definition) is 7. The summed E-state index contributed by atoms with van der Waals surface area (Å²) in [4.78, 5) is 27.5. The molecule has 5 aromatic rings. The van der Waals surface area contributed by atoms with Crippen LogP contribution in [-0.2, 0) is 6.54 Å². The number of amides is 1. The van der Waals surface area contributed by atoms with Gasteiger partial charge < -0.3 is 15.0 Å². The maximum atomic E-state index is 13.6. The molecule has 1 saturated heterocycles. The Bertz CT molecular complexity index is 1750. The maximum absolute atomic E-state index is 13.6. The van der Waals surface area contributed by atoms with Crippen LogP contribution in [0.15, 0.2) is 60.9 Å². The number of likely N-dealkylation sites (N-methyl/N-ethyl adjacent to an activating group) is 1. The van der Waals surface area contributed by atoms with Crippen molar-refractivity contribution in [2.75, 3.05) is 51.7 Å². The number of aromatic nitrogens is 5. The van der Waals surface area contributed by atoms with E-state index in [9.17, 15) is 4.79 Å². The number of benzene rings is 1. The molecule has 4 aromatic heterocycles. The first-order valence-electron chi connectivity index (χ1n) is 14.8. The summed E-state index contributed by atoms with van der Waals surface area (Å²) >= 11 is 0. The Hall–Kier alpha value is -4.28. The molecule has 216 valence electrons. The Morgan fingerprint density at radius 2 is 1.90 bits per heavy atom. The number of anilines is 1. The molecule has 1 amide bonds. The lowest BCUT2D eigenvalue weighted by Gasteiger charge is -2.32. The number of ether oxygens (including phenoxy) is 1. The zero-order chi connectivity index (χ0) is 28.6. The Balaban J connectivity index is 1.09. The van der Waals surface area contributed by atoms with E-state index in [2.05, 4.69) is 38.2 Å². The van der Waals surface area contributed by atoms with Gasteiger partial charge in [0.2, 0.25) is 0 Å². The molecule has 2 fully saturated rings. The number of piperazine rings is 1. The average molecular weight is 565 g/mol. The highest BCUT2D eigenvalue weighted by Gasteiger charge is 2.31. The molecule has 0 bridgehead atoms. The predicted octanol–water partition coefficient (Wildman–Crippen LogP) is 4.19. The summed E-state index contributed by atoms with van der Waals surface area (Å²) in [7, 11) is 2.16. The number of nitrogens with one attached hydrogen (secondary N) is 1. The summed E-state index contributed by atoms with van der Waals surface area (Å²) in [5.74, 6) is 0.958. The number of pyridine rings is 2. The van der Waals surface area contributed by atoms with Gasteiger partial charge in [0.15, 0.2) is 0 Å². The van der Waals surface area contributed by atoms with Crippen LogP contribution >= 0.6 is 0 Å². The summed E-state index contributed by atoms with van der Waals surface area (Å²) in [5.41, 5.74) is 5.89. The van der Waals surface area contributed by atoms with Gasteiger partial charge >= 0.3 is 0 Å². The van der Waals surface area contributed by atoms with Crippen molar-refractivity contribution in [2.24, 2.45) is 0 Å². The van der Waals surface area contributed by atoms with Crippen molar-refractivity contribution < 1.29 is 9.53 Å². The number of aryl methyl sites for hydroxylation is 1. The van der Waals surface area contributed by atoms with Crippen LogP contribution in [0.25, 0.3) is 16.6 Å². The van der Waals surface area contributed by atoms with E-state index in [0.717, 1.165) is 85.0 Å². The van der Waals surface area contributed by atoms with E-state index in [1.807, 2.05) is 60.3 Å². The molecule has 5 heterocycles. The summed E-state index contributed by atoms with van der Waals surface area (Å²) in [5, 5.41) is 9.19. The van der Waals surface area contributed by atoms with Gasteiger partial charge in [-0.2, -0.15) is 5.10 Å². The highest BCUT2D eigenvalue weighted by molar-refractivity contribution is 6.09. The highest BCUT2D eigenvalue weighted by Crippen LogP contribution is 2.44. The van der Waals surface area contributed by atoms with Crippen LogP contribution in [0.2, 0.25) is 0 Å². The predicted molar refractivity (Wildman–Crippen MR) is 162 cm³/mol. The number of hydrogen-bond donors (Lipinski definition) is 1. The third-order valence-electron chi connectivity index (χ3n) is 8.26. The summed E-state index contributed by atoms with van der Waals surface area (Å²) in [6.45, 7) is 8.41. The first-order chi connectivity index (χ1) is 20.5. The first-order valence-corrected chi connectivity index (χ1v) is 14.8. The molecule has 7 rings (SSSR count). The van der Waals surface area contributed by atoms with E-state index in [4.69, 9.17) is 9.84 Å². The quantitative estimate of drug-likeness (QED) is 0.287. The van der Waals surface area contributed by atoms with Gasteiger partial charge in [-0.05, 0) is 57.1 Å². The first kappa shape index (κ1) is 26.6. The van der Waals surface area contributed by atoms with Gasteiger partial charge in [0.05, 0.1) is 35.3 Å². The molecule has 10 nitrogen and oxygen atoms in total. The van der Waals surface area contributed by atoms with Crippen molar-refractivity contribution in [1.82, 2.24) is 33.9 Å². The van der Waals surface area contributed by atoms with Gasteiger partial charge in [-0.25, -0.2) is 4.98 Å². The number of imidazole rings is 1. The molecular formula is C32H36N8O2. The fourth-order valence-electron chi connectivity index (χ4n) is 5.74. The van der Waals surface area contributed by atoms with Crippen LogP contribution in [-0.4, -0.2) is 86.2 Å². The Morgan fingerprint density at radius 1 is 1.07 bits per heavy atom. The van der Waals surface area contributed by atoms with Gasteiger partial charge in [-0.15, -0.1) is 0 Å². The van der Waals surface area contributed by atoms with E-state index < -0.39 is 0 Å². The molecule has 0 atom stereocenters. The normalized spacial score (nSPS) is 16.3. The van der Waals surface area contributed by atoms with Gasteiger partial charge in [-0.1, -0.05) is 12.1 Å². The summed E-state index contributed by atoms with van der Waals surface area (Å²) < 4.78 is 9.84. The topological polar surface area (TPSA) is 92.8 Å². The van der Waals surface area contributed by atoms with Crippen molar-refractivity contribution in [3.63, 3.8) is 0 Å². The number of rotatable bonds is 9.